The third-order valence-electron chi connectivity index (χ3n) is 3.88. The summed E-state index contributed by atoms with van der Waals surface area (Å²) < 4.78 is 18.2. The molecule has 1 aliphatic rings. The monoisotopic (exact) mass is 374 g/mol. The van der Waals surface area contributed by atoms with Gasteiger partial charge in [0.1, 0.15) is 12.9 Å². The Labute approximate surface area is 136 Å². The van der Waals surface area contributed by atoms with Gasteiger partial charge in [-0.25, -0.2) is 0 Å². The van der Waals surface area contributed by atoms with Crippen molar-refractivity contribution in [1.82, 2.24) is 4.57 Å². The second-order valence-electron chi connectivity index (χ2n) is 5.57. The predicted molar refractivity (Wildman–Crippen MR) is 83.7 cm³/mol. The lowest BCUT2D eigenvalue weighted by atomic mass is 9.76. The van der Waals surface area contributed by atoms with Crippen molar-refractivity contribution in [3.8, 4) is 5.75 Å². The molecular weight excluding hydrogens is 356 g/mol. The van der Waals surface area contributed by atoms with E-state index in [1.807, 2.05) is 13.8 Å². The number of ether oxygens (including phenoxy) is 3. The van der Waals surface area contributed by atoms with Gasteiger partial charge in [0.15, 0.2) is 5.75 Å². The fraction of sp³-hybridized carbons (Fsp3) is 0.571. The van der Waals surface area contributed by atoms with E-state index >= 15 is 0 Å². The van der Waals surface area contributed by atoms with Gasteiger partial charge in [0.05, 0.1) is 29.5 Å². The van der Waals surface area contributed by atoms with Crippen LogP contribution in [-0.4, -0.2) is 36.5 Å². The minimum Gasteiger partial charge on any atom is -0.491 e. The topological polar surface area (TPSA) is 82.3 Å². The van der Waals surface area contributed by atoms with Gasteiger partial charge in [0.25, 0.3) is 0 Å². The van der Waals surface area contributed by atoms with Gasteiger partial charge in [-0.1, -0.05) is 19.0 Å². The summed E-state index contributed by atoms with van der Waals surface area (Å²) in [4.78, 5) is 12.3. The number of hydrogen-bond donors (Lipinski definition) is 1. The van der Waals surface area contributed by atoms with Crippen LogP contribution in [0.15, 0.2) is 20.6 Å². The molecule has 0 aliphatic carbocycles. The lowest BCUT2D eigenvalue weighted by Gasteiger charge is -2.41. The summed E-state index contributed by atoms with van der Waals surface area (Å²) in [6.45, 7) is 4.15. The second-order valence-corrected chi connectivity index (χ2v) is 6.43. The first kappa shape index (κ1) is 17.0. The standard InChI is InChI=1S/C14H19BrN2O5/c1-14(2)9(16-19)6-17-5-8(15)11(18)12(21-4)10(17)13(14)22-7-20-3/h5,13,19H,6-7H2,1-4H3/b16-9+. The average Bonchev–Trinajstić information content (AvgIpc) is 2.48. The molecule has 8 heteroatoms. The zero-order valence-electron chi connectivity index (χ0n) is 12.9. The van der Waals surface area contributed by atoms with E-state index in [0.717, 1.165) is 0 Å². The number of halogens is 1. The quantitative estimate of drug-likeness (QED) is 0.496. The van der Waals surface area contributed by atoms with E-state index < -0.39 is 11.5 Å². The number of aromatic nitrogens is 1. The molecule has 0 amide bonds. The molecule has 2 heterocycles. The van der Waals surface area contributed by atoms with E-state index in [1.165, 1.54) is 14.2 Å². The van der Waals surface area contributed by atoms with Gasteiger partial charge in [-0.05, 0) is 15.9 Å². The second kappa shape index (κ2) is 6.39. The van der Waals surface area contributed by atoms with Crippen molar-refractivity contribution in [2.24, 2.45) is 10.6 Å². The van der Waals surface area contributed by atoms with Crippen molar-refractivity contribution in [2.45, 2.75) is 26.5 Å². The number of methoxy groups -OCH3 is 2. The third-order valence-corrected chi connectivity index (χ3v) is 4.44. The summed E-state index contributed by atoms with van der Waals surface area (Å²) in [5, 5.41) is 12.7. The van der Waals surface area contributed by atoms with E-state index in [0.29, 0.717) is 22.4 Å². The van der Waals surface area contributed by atoms with Gasteiger partial charge in [-0.2, -0.15) is 0 Å². The molecule has 0 saturated heterocycles. The lowest BCUT2D eigenvalue weighted by molar-refractivity contribution is -0.106. The minimum absolute atomic E-state index is 0.0419. The maximum absolute atomic E-state index is 12.3. The van der Waals surface area contributed by atoms with Gasteiger partial charge in [0.2, 0.25) is 5.43 Å². The van der Waals surface area contributed by atoms with Crippen molar-refractivity contribution in [3.63, 3.8) is 0 Å². The molecule has 0 saturated carbocycles. The highest BCUT2D eigenvalue weighted by Crippen LogP contribution is 2.44. The molecule has 0 bridgehead atoms. The first-order valence-corrected chi connectivity index (χ1v) is 7.46. The SMILES string of the molecule is COCOC1c2c(OC)c(=O)c(Br)cn2C/C(=N\O)C1(C)C. The summed E-state index contributed by atoms with van der Waals surface area (Å²) in [5.41, 5.74) is 0.268. The molecule has 1 unspecified atom stereocenters. The third kappa shape index (κ3) is 2.66. The molecule has 1 N–H and O–H groups in total. The number of rotatable bonds is 4. The molecule has 0 spiro atoms. The molecule has 0 radical (unpaired) electrons. The van der Waals surface area contributed by atoms with E-state index in [4.69, 9.17) is 14.2 Å². The predicted octanol–water partition coefficient (Wildman–Crippen LogP) is 2.15. The highest BCUT2D eigenvalue weighted by molar-refractivity contribution is 9.10. The van der Waals surface area contributed by atoms with Gasteiger partial charge in [-0.3, -0.25) is 4.79 Å². The van der Waals surface area contributed by atoms with Crippen LogP contribution in [0, 0.1) is 5.41 Å². The summed E-state index contributed by atoms with van der Waals surface area (Å²) in [6, 6.07) is 0. The molecule has 1 atom stereocenters. The molecular formula is C14H19BrN2O5. The zero-order valence-corrected chi connectivity index (χ0v) is 14.5. The smallest absolute Gasteiger partial charge is 0.237 e. The summed E-state index contributed by atoms with van der Waals surface area (Å²) >= 11 is 3.23. The van der Waals surface area contributed by atoms with Gasteiger partial charge < -0.3 is 24.0 Å². The van der Waals surface area contributed by atoms with Crippen molar-refractivity contribution in [2.75, 3.05) is 21.0 Å². The first-order chi connectivity index (χ1) is 10.4. The van der Waals surface area contributed by atoms with Crippen molar-refractivity contribution in [3.05, 3.63) is 26.6 Å². The highest BCUT2D eigenvalue weighted by Gasteiger charge is 2.44. The molecule has 2 rings (SSSR count). The van der Waals surface area contributed by atoms with E-state index in [1.54, 1.807) is 10.8 Å². The van der Waals surface area contributed by atoms with Crippen LogP contribution in [0.5, 0.6) is 5.75 Å². The van der Waals surface area contributed by atoms with Crippen LogP contribution in [0.25, 0.3) is 0 Å². The Hall–Kier alpha value is -1.38. The Balaban J connectivity index is 2.71. The first-order valence-electron chi connectivity index (χ1n) is 6.67. The number of oxime groups is 1. The summed E-state index contributed by atoms with van der Waals surface area (Å²) in [5.74, 6) is 0.209. The van der Waals surface area contributed by atoms with E-state index in [2.05, 4.69) is 21.1 Å². The Bertz CT molecular complexity index is 653. The maximum Gasteiger partial charge on any atom is 0.237 e. The van der Waals surface area contributed by atoms with Gasteiger partial charge >= 0.3 is 0 Å². The van der Waals surface area contributed by atoms with Crippen LogP contribution < -0.4 is 10.2 Å². The van der Waals surface area contributed by atoms with Crippen LogP contribution in [0.4, 0.5) is 0 Å². The van der Waals surface area contributed by atoms with Crippen LogP contribution in [0.3, 0.4) is 0 Å². The Morgan fingerprint density at radius 2 is 2.18 bits per heavy atom. The van der Waals surface area contributed by atoms with Gasteiger partial charge in [-0.15, -0.1) is 0 Å². The summed E-state index contributed by atoms with van der Waals surface area (Å²) in [7, 11) is 2.96. The number of fused-ring (bicyclic) bond motifs is 1. The highest BCUT2D eigenvalue weighted by atomic mass is 79.9. The normalized spacial score (nSPS) is 21.7. The lowest BCUT2D eigenvalue weighted by Crippen LogP contribution is -2.43. The average molecular weight is 375 g/mol. The molecule has 122 valence electrons. The maximum atomic E-state index is 12.3. The minimum atomic E-state index is -0.624. The zero-order chi connectivity index (χ0) is 16.5. The number of hydrogen-bond acceptors (Lipinski definition) is 6. The van der Waals surface area contributed by atoms with Crippen LogP contribution in [-0.2, 0) is 16.0 Å². The number of nitrogens with zero attached hydrogens (tertiary/aromatic N) is 2. The fourth-order valence-electron chi connectivity index (χ4n) is 2.66. The molecule has 1 aliphatic heterocycles. The van der Waals surface area contributed by atoms with Crippen molar-refractivity contribution >= 4 is 21.6 Å². The van der Waals surface area contributed by atoms with Crippen LogP contribution in [0.1, 0.15) is 25.6 Å². The van der Waals surface area contributed by atoms with E-state index in [9.17, 15) is 10.0 Å². The largest absolute Gasteiger partial charge is 0.491 e. The van der Waals surface area contributed by atoms with Crippen molar-refractivity contribution in [1.29, 1.82) is 0 Å². The van der Waals surface area contributed by atoms with Crippen LogP contribution in [0.2, 0.25) is 0 Å². The Kier molecular flexibility index (Phi) is 4.93. The van der Waals surface area contributed by atoms with E-state index in [-0.39, 0.29) is 18.0 Å². The number of pyridine rings is 1. The molecule has 1 aromatic heterocycles. The fourth-order valence-corrected chi connectivity index (χ4v) is 3.09. The molecule has 1 aromatic rings. The molecule has 0 aromatic carbocycles. The molecule has 0 fully saturated rings. The van der Waals surface area contributed by atoms with Crippen LogP contribution >= 0.6 is 15.9 Å². The van der Waals surface area contributed by atoms with Crippen molar-refractivity contribution < 1.29 is 19.4 Å². The molecule has 7 nitrogen and oxygen atoms in total. The van der Waals surface area contributed by atoms with Gasteiger partial charge in [0, 0.05) is 18.7 Å². The Morgan fingerprint density at radius 1 is 1.50 bits per heavy atom. The Morgan fingerprint density at radius 3 is 2.73 bits per heavy atom. The molecule has 22 heavy (non-hydrogen) atoms. The summed E-state index contributed by atoms with van der Waals surface area (Å²) in [6.07, 6.45) is 1.09.